The SMILES string of the molecule is CSC[C@H]1CCCN1C(=O)c1cc([N+](=O)[O-])ccc1N. The third-order valence-corrected chi connectivity index (χ3v) is 4.19. The molecular weight excluding hydrogens is 278 g/mol. The number of thioether (sulfide) groups is 1. The van der Waals surface area contributed by atoms with E-state index in [0.717, 1.165) is 18.6 Å². The van der Waals surface area contributed by atoms with Gasteiger partial charge < -0.3 is 10.6 Å². The molecule has 0 radical (unpaired) electrons. The zero-order valence-corrected chi connectivity index (χ0v) is 12.1. The number of nitrogen functional groups attached to an aromatic ring is 1. The summed E-state index contributed by atoms with van der Waals surface area (Å²) in [5, 5.41) is 10.8. The number of likely N-dealkylation sites (tertiary alicyclic amines) is 1. The lowest BCUT2D eigenvalue weighted by atomic mass is 10.1. The first kappa shape index (κ1) is 14.6. The van der Waals surface area contributed by atoms with Crippen LogP contribution < -0.4 is 5.73 Å². The van der Waals surface area contributed by atoms with Crippen molar-refractivity contribution in [2.24, 2.45) is 0 Å². The van der Waals surface area contributed by atoms with E-state index in [1.54, 1.807) is 16.7 Å². The first-order chi connectivity index (χ1) is 9.54. The molecule has 0 spiro atoms. The summed E-state index contributed by atoms with van der Waals surface area (Å²) in [6, 6.07) is 4.20. The summed E-state index contributed by atoms with van der Waals surface area (Å²) in [5.41, 5.74) is 6.21. The molecule has 1 aromatic carbocycles. The number of hydrogen-bond acceptors (Lipinski definition) is 5. The van der Waals surface area contributed by atoms with Gasteiger partial charge in [-0.05, 0) is 25.2 Å². The summed E-state index contributed by atoms with van der Waals surface area (Å²) in [4.78, 5) is 24.6. The minimum absolute atomic E-state index is 0.108. The summed E-state index contributed by atoms with van der Waals surface area (Å²) in [5.74, 6) is 0.670. The minimum atomic E-state index is -0.514. The van der Waals surface area contributed by atoms with Crippen LogP contribution in [0.1, 0.15) is 23.2 Å². The molecule has 0 bridgehead atoms. The van der Waals surface area contributed by atoms with Gasteiger partial charge in [-0.15, -0.1) is 0 Å². The highest BCUT2D eigenvalue weighted by Crippen LogP contribution is 2.26. The molecule has 1 aliphatic rings. The van der Waals surface area contributed by atoms with Crippen molar-refractivity contribution in [3.8, 4) is 0 Å². The molecule has 1 fully saturated rings. The van der Waals surface area contributed by atoms with E-state index in [9.17, 15) is 14.9 Å². The van der Waals surface area contributed by atoms with Crippen LogP contribution in [0.3, 0.4) is 0 Å². The molecule has 1 atom stereocenters. The monoisotopic (exact) mass is 295 g/mol. The lowest BCUT2D eigenvalue weighted by Crippen LogP contribution is -2.37. The van der Waals surface area contributed by atoms with Crippen LogP contribution in [0.4, 0.5) is 11.4 Å². The summed E-state index contributed by atoms with van der Waals surface area (Å²) >= 11 is 1.69. The lowest BCUT2D eigenvalue weighted by Gasteiger charge is -2.24. The van der Waals surface area contributed by atoms with Gasteiger partial charge in [0.05, 0.1) is 10.5 Å². The first-order valence-corrected chi connectivity index (χ1v) is 7.77. The molecule has 0 unspecified atom stereocenters. The maximum absolute atomic E-state index is 12.5. The van der Waals surface area contributed by atoms with Crippen LogP contribution in [0.15, 0.2) is 18.2 Å². The Kier molecular flexibility index (Phi) is 4.49. The number of hydrogen-bond donors (Lipinski definition) is 1. The van der Waals surface area contributed by atoms with E-state index in [4.69, 9.17) is 5.73 Å². The number of benzene rings is 1. The second-order valence-electron chi connectivity index (χ2n) is 4.78. The molecule has 1 saturated heterocycles. The number of nitrogens with zero attached hydrogens (tertiary/aromatic N) is 2. The quantitative estimate of drug-likeness (QED) is 0.522. The third-order valence-electron chi connectivity index (χ3n) is 3.48. The molecule has 1 heterocycles. The number of nitro groups is 1. The van der Waals surface area contributed by atoms with Crippen molar-refractivity contribution >= 4 is 29.0 Å². The molecule has 1 aliphatic heterocycles. The van der Waals surface area contributed by atoms with Gasteiger partial charge >= 0.3 is 0 Å². The van der Waals surface area contributed by atoms with Gasteiger partial charge in [-0.2, -0.15) is 11.8 Å². The van der Waals surface area contributed by atoms with Gasteiger partial charge in [-0.1, -0.05) is 0 Å². The van der Waals surface area contributed by atoms with E-state index in [1.807, 2.05) is 6.26 Å². The minimum Gasteiger partial charge on any atom is -0.398 e. The van der Waals surface area contributed by atoms with Crippen molar-refractivity contribution in [1.29, 1.82) is 0 Å². The van der Waals surface area contributed by atoms with Crippen molar-refractivity contribution in [2.45, 2.75) is 18.9 Å². The molecule has 0 aliphatic carbocycles. The fourth-order valence-corrected chi connectivity index (χ4v) is 3.20. The van der Waals surface area contributed by atoms with Crippen LogP contribution in [0.25, 0.3) is 0 Å². The number of carbonyl (C=O) groups is 1. The molecule has 1 aromatic rings. The molecule has 2 rings (SSSR count). The summed E-state index contributed by atoms with van der Waals surface area (Å²) in [6.45, 7) is 0.687. The summed E-state index contributed by atoms with van der Waals surface area (Å²) < 4.78 is 0. The van der Waals surface area contributed by atoms with Gasteiger partial charge in [0.15, 0.2) is 0 Å². The van der Waals surface area contributed by atoms with E-state index >= 15 is 0 Å². The zero-order chi connectivity index (χ0) is 14.7. The van der Waals surface area contributed by atoms with E-state index in [0.29, 0.717) is 6.54 Å². The predicted octanol–water partition coefficient (Wildman–Crippen LogP) is 2.14. The van der Waals surface area contributed by atoms with Crippen LogP contribution >= 0.6 is 11.8 Å². The maximum atomic E-state index is 12.5. The van der Waals surface area contributed by atoms with Crippen molar-refractivity contribution in [3.63, 3.8) is 0 Å². The van der Waals surface area contributed by atoms with Gasteiger partial charge in [0.25, 0.3) is 11.6 Å². The van der Waals surface area contributed by atoms with Gasteiger partial charge in [0.2, 0.25) is 0 Å². The largest absolute Gasteiger partial charge is 0.398 e. The number of anilines is 1. The average Bonchev–Trinajstić information content (AvgIpc) is 2.87. The zero-order valence-electron chi connectivity index (χ0n) is 11.2. The van der Waals surface area contributed by atoms with Crippen molar-refractivity contribution < 1.29 is 9.72 Å². The molecule has 2 N–H and O–H groups in total. The fourth-order valence-electron chi connectivity index (χ4n) is 2.47. The van der Waals surface area contributed by atoms with E-state index in [2.05, 4.69) is 0 Å². The topological polar surface area (TPSA) is 89.5 Å². The Balaban J connectivity index is 2.28. The summed E-state index contributed by atoms with van der Waals surface area (Å²) in [7, 11) is 0. The Labute approximate surface area is 121 Å². The molecule has 0 aromatic heterocycles. The van der Waals surface area contributed by atoms with E-state index in [1.165, 1.54) is 18.2 Å². The fraction of sp³-hybridized carbons (Fsp3) is 0.462. The maximum Gasteiger partial charge on any atom is 0.270 e. The second-order valence-corrected chi connectivity index (χ2v) is 5.69. The van der Waals surface area contributed by atoms with Crippen molar-refractivity contribution in [2.75, 3.05) is 24.3 Å². The van der Waals surface area contributed by atoms with E-state index < -0.39 is 4.92 Å². The van der Waals surface area contributed by atoms with Crippen LogP contribution in [-0.4, -0.2) is 40.3 Å². The third kappa shape index (κ3) is 2.87. The Morgan fingerprint density at radius 1 is 1.60 bits per heavy atom. The molecule has 108 valence electrons. The number of carbonyl (C=O) groups excluding carboxylic acids is 1. The van der Waals surface area contributed by atoms with Crippen molar-refractivity contribution in [1.82, 2.24) is 4.90 Å². The van der Waals surface area contributed by atoms with Gasteiger partial charge in [0, 0.05) is 36.2 Å². The molecule has 6 nitrogen and oxygen atoms in total. The number of nitro benzene ring substituents is 1. The Hall–Kier alpha value is -1.76. The normalized spacial score (nSPS) is 18.2. The Bertz CT molecular complexity index is 536. The lowest BCUT2D eigenvalue weighted by molar-refractivity contribution is -0.384. The highest BCUT2D eigenvalue weighted by Gasteiger charge is 2.30. The number of amides is 1. The standard InChI is InChI=1S/C13H17N3O3S/c1-20-8-10-3-2-6-15(10)13(17)11-7-9(16(18)19)4-5-12(11)14/h4-5,7,10H,2-3,6,8,14H2,1H3/t10-/m1/s1. The number of non-ortho nitro benzene ring substituents is 1. The Morgan fingerprint density at radius 2 is 2.35 bits per heavy atom. The van der Waals surface area contributed by atoms with Gasteiger partial charge in [0.1, 0.15) is 0 Å². The van der Waals surface area contributed by atoms with Crippen molar-refractivity contribution in [3.05, 3.63) is 33.9 Å². The number of rotatable bonds is 4. The molecule has 20 heavy (non-hydrogen) atoms. The van der Waals surface area contributed by atoms with Gasteiger partial charge in [-0.25, -0.2) is 0 Å². The second kappa shape index (κ2) is 6.13. The van der Waals surface area contributed by atoms with Crippen LogP contribution in [-0.2, 0) is 0 Å². The first-order valence-electron chi connectivity index (χ1n) is 6.38. The van der Waals surface area contributed by atoms with Crippen LogP contribution in [0, 0.1) is 10.1 Å². The Morgan fingerprint density at radius 3 is 3.00 bits per heavy atom. The molecule has 7 heteroatoms. The summed E-state index contributed by atoms with van der Waals surface area (Å²) in [6.07, 6.45) is 3.94. The van der Waals surface area contributed by atoms with Gasteiger partial charge in [-0.3, -0.25) is 14.9 Å². The smallest absolute Gasteiger partial charge is 0.270 e. The van der Waals surface area contributed by atoms with Crippen LogP contribution in [0.2, 0.25) is 0 Å². The molecule has 0 saturated carbocycles. The van der Waals surface area contributed by atoms with Crippen LogP contribution in [0.5, 0.6) is 0 Å². The molecular formula is C13H17N3O3S. The van der Waals surface area contributed by atoms with E-state index in [-0.39, 0.29) is 28.9 Å². The molecule has 1 amide bonds. The highest BCUT2D eigenvalue weighted by molar-refractivity contribution is 7.98. The predicted molar refractivity (Wildman–Crippen MR) is 79.9 cm³/mol. The highest BCUT2D eigenvalue weighted by atomic mass is 32.2. The average molecular weight is 295 g/mol. The number of nitrogens with two attached hydrogens (primary N) is 1.